The Hall–Kier alpha value is -1.61. The van der Waals surface area contributed by atoms with E-state index in [1.807, 2.05) is 12.5 Å². The Kier molecular flexibility index (Phi) is 10.6. The van der Waals surface area contributed by atoms with Gasteiger partial charge in [0.05, 0.1) is 12.9 Å². The van der Waals surface area contributed by atoms with Crippen molar-refractivity contribution in [3.8, 4) is 0 Å². The van der Waals surface area contributed by atoms with Gasteiger partial charge in [-0.05, 0) is 42.7 Å². The molecule has 0 aliphatic heterocycles. The van der Waals surface area contributed by atoms with Gasteiger partial charge in [-0.25, -0.2) is 9.98 Å². The molecule has 0 saturated heterocycles. The van der Waals surface area contributed by atoms with E-state index in [1.165, 1.54) is 43.2 Å². The van der Waals surface area contributed by atoms with E-state index in [2.05, 4.69) is 51.4 Å². The zero-order valence-corrected chi connectivity index (χ0v) is 20.3. The van der Waals surface area contributed by atoms with Crippen LogP contribution in [0.4, 0.5) is 0 Å². The summed E-state index contributed by atoms with van der Waals surface area (Å²) >= 11 is 0. The molecule has 3 N–H and O–H groups in total. The SMILES string of the molecule is CCNC(=NCc1cccc(Cn2ccnc2)c1)NCC1(CCO)CCCCC1.I. The van der Waals surface area contributed by atoms with Crippen LogP contribution in [-0.4, -0.2) is 40.3 Å². The van der Waals surface area contributed by atoms with Crippen molar-refractivity contribution >= 4 is 29.9 Å². The highest BCUT2D eigenvalue weighted by Crippen LogP contribution is 2.38. The average molecular weight is 525 g/mol. The molecule has 0 bridgehead atoms. The molecule has 0 radical (unpaired) electrons. The zero-order valence-electron chi connectivity index (χ0n) is 18.0. The van der Waals surface area contributed by atoms with Crippen LogP contribution >= 0.6 is 24.0 Å². The van der Waals surface area contributed by atoms with E-state index in [-0.39, 0.29) is 36.0 Å². The number of hydrogen-bond acceptors (Lipinski definition) is 3. The van der Waals surface area contributed by atoms with Crippen LogP contribution < -0.4 is 10.6 Å². The van der Waals surface area contributed by atoms with E-state index in [1.54, 1.807) is 6.20 Å². The molecule has 30 heavy (non-hydrogen) atoms. The van der Waals surface area contributed by atoms with Crippen molar-refractivity contribution in [1.82, 2.24) is 20.2 Å². The summed E-state index contributed by atoms with van der Waals surface area (Å²) in [6, 6.07) is 8.56. The fraction of sp³-hybridized carbons (Fsp3) is 0.565. The summed E-state index contributed by atoms with van der Waals surface area (Å²) in [4.78, 5) is 8.92. The molecule has 3 rings (SSSR count). The molecule has 6 nitrogen and oxygen atoms in total. The first-order valence-electron chi connectivity index (χ1n) is 10.9. The number of hydrogen-bond donors (Lipinski definition) is 3. The fourth-order valence-electron chi connectivity index (χ4n) is 4.25. The summed E-state index contributed by atoms with van der Waals surface area (Å²) in [5, 5.41) is 16.5. The second-order valence-corrected chi connectivity index (χ2v) is 8.14. The third-order valence-electron chi connectivity index (χ3n) is 5.87. The number of rotatable bonds is 9. The number of benzene rings is 1. The lowest BCUT2D eigenvalue weighted by atomic mass is 9.72. The van der Waals surface area contributed by atoms with Gasteiger partial charge in [0.15, 0.2) is 5.96 Å². The highest BCUT2D eigenvalue weighted by atomic mass is 127. The Morgan fingerprint density at radius 3 is 2.70 bits per heavy atom. The minimum absolute atomic E-state index is 0. The lowest BCUT2D eigenvalue weighted by molar-refractivity contribution is 0.131. The van der Waals surface area contributed by atoms with Crippen LogP contribution in [0.25, 0.3) is 0 Å². The Morgan fingerprint density at radius 2 is 2.00 bits per heavy atom. The minimum atomic E-state index is 0. The van der Waals surface area contributed by atoms with Crippen LogP contribution in [0.3, 0.4) is 0 Å². The molecule has 0 amide bonds. The summed E-state index contributed by atoms with van der Waals surface area (Å²) < 4.78 is 2.07. The lowest BCUT2D eigenvalue weighted by Crippen LogP contribution is -2.44. The quantitative estimate of drug-likeness (QED) is 0.264. The van der Waals surface area contributed by atoms with Gasteiger partial charge in [-0.15, -0.1) is 24.0 Å². The van der Waals surface area contributed by atoms with Crippen LogP contribution in [0.1, 0.15) is 56.6 Å². The standard InChI is InChI=1S/C23H35N5O.HI/c1-2-25-22(27-18-23(11-14-29)9-4-3-5-10-23)26-16-20-7-6-8-21(15-20)17-28-13-12-24-19-28;/h6-8,12-13,15,19,29H,2-5,9-11,14,16-18H2,1H3,(H2,25,26,27);1H. The highest BCUT2D eigenvalue weighted by molar-refractivity contribution is 14.0. The maximum atomic E-state index is 9.54. The maximum absolute atomic E-state index is 9.54. The lowest BCUT2D eigenvalue weighted by Gasteiger charge is -2.37. The first-order valence-corrected chi connectivity index (χ1v) is 10.9. The number of imidazole rings is 1. The molecule has 1 aromatic heterocycles. The highest BCUT2D eigenvalue weighted by Gasteiger charge is 2.31. The van der Waals surface area contributed by atoms with E-state index in [0.717, 1.165) is 32.0 Å². The van der Waals surface area contributed by atoms with E-state index in [9.17, 15) is 5.11 Å². The summed E-state index contributed by atoms with van der Waals surface area (Å²) in [6.07, 6.45) is 12.7. The Balaban J connectivity index is 0.00000320. The summed E-state index contributed by atoms with van der Waals surface area (Å²) in [7, 11) is 0. The number of guanidine groups is 1. The molecule has 0 spiro atoms. The van der Waals surface area contributed by atoms with Crippen molar-refractivity contribution in [2.24, 2.45) is 10.4 Å². The van der Waals surface area contributed by atoms with Crippen LogP contribution in [0.15, 0.2) is 48.0 Å². The minimum Gasteiger partial charge on any atom is -0.396 e. The number of nitrogens with one attached hydrogen (secondary N) is 2. The Labute approximate surface area is 197 Å². The van der Waals surface area contributed by atoms with Crippen molar-refractivity contribution in [1.29, 1.82) is 0 Å². The number of aromatic nitrogens is 2. The van der Waals surface area contributed by atoms with Gasteiger partial charge in [0.25, 0.3) is 0 Å². The maximum Gasteiger partial charge on any atom is 0.191 e. The number of aliphatic hydroxyl groups is 1. The second-order valence-electron chi connectivity index (χ2n) is 8.14. The second kappa shape index (κ2) is 12.9. The third kappa shape index (κ3) is 7.58. The molecular formula is C23H36IN5O. The summed E-state index contributed by atoms with van der Waals surface area (Å²) in [5.41, 5.74) is 2.65. The molecule has 2 aromatic rings. The zero-order chi connectivity index (χ0) is 20.4. The first-order chi connectivity index (χ1) is 14.2. The molecule has 0 unspecified atom stereocenters. The van der Waals surface area contributed by atoms with Gasteiger partial charge in [0, 0.05) is 38.6 Å². The Bertz CT molecular complexity index is 751. The molecule has 1 fully saturated rings. The smallest absolute Gasteiger partial charge is 0.191 e. The van der Waals surface area contributed by atoms with Crippen LogP contribution in [-0.2, 0) is 13.1 Å². The number of nitrogens with zero attached hydrogens (tertiary/aromatic N) is 3. The van der Waals surface area contributed by atoms with Crippen LogP contribution in [0.5, 0.6) is 0 Å². The van der Waals surface area contributed by atoms with Crippen molar-refractivity contribution in [3.63, 3.8) is 0 Å². The van der Waals surface area contributed by atoms with Gasteiger partial charge >= 0.3 is 0 Å². The molecule has 1 aromatic carbocycles. The molecule has 0 atom stereocenters. The van der Waals surface area contributed by atoms with E-state index >= 15 is 0 Å². The van der Waals surface area contributed by atoms with E-state index in [4.69, 9.17) is 4.99 Å². The largest absolute Gasteiger partial charge is 0.396 e. The van der Waals surface area contributed by atoms with Crippen LogP contribution in [0.2, 0.25) is 0 Å². The van der Waals surface area contributed by atoms with Crippen molar-refractivity contribution in [2.75, 3.05) is 19.7 Å². The predicted octanol–water partition coefficient (Wildman–Crippen LogP) is 3.94. The Morgan fingerprint density at radius 1 is 1.20 bits per heavy atom. The van der Waals surface area contributed by atoms with Gasteiger partial charge in [-0.1, -0.05) is 43.5 Å². The topological polar surface area (TPSA) is 74.5 Å². The van der Waals surface area contributed by atoms with Gasteiger partial charge in [0.1, 0.15) is 0 Å². The van der Waals surface area contributed by atoms with Crippen molar-refractivity contribution < 1.29 is 5.11 Å². The van der Waals surface area contributed by atoms with Gasteiger partial charge in [-0.2, -0.15) is 0 Å². The summed E-state index contributed by atoms with van der Waals surface area (Å²) in [5.74, 6) is 0.857. The molecule has 1 aliphatic rings. The number of aliphatic imine (C=N–C) groups is 1. The van der Waals surface area contributed by atoms with Crippen molar-refractivity contribution in [3.05, 3.63) is 54.1 Å². The molecule has 1 heterocycles. The van der Waals surface area contributed by atoms with Gasteiger partial charge < -0.3 is 20.3 Å². The average Bonchev–Trinajstić information content (AvgIpc) is 3.24. The van der Waals surface area contributed by atoms with Gasteiger partial charge in [0.2, 0.25) is 0 Å². The number of halogens is 1. The molecule has 1 saturated carbocycles. The predicted molar refractivity (Wildman–Crippen MR) is 133 cm³/mol. The first kappa shape index (κ1) is 24.7. The van der Waals surface area contributed by atoms with E-state index < -0.39 is 0 Å². The molecule has 1 aliphatic carbocycles. The third-order valence-corrected chi connectivity index (χ3v) is 5.87. The molecular weight excluding hydrogens is 489 g/mol. The molecule has 166 valence electrons. The van der Waals surface area contributed by atoms with Crippen molar-refractivity contribution in [2.45, 2.75) is 58.5 Å². The fourth-order valence-corrected chi connectivity index (χ4v) is 4.25. The monoisotopic (exact) mass is 525 g/mol. The van der Waals surface area contributed by atoms with Gasteiger partial charge in [-0.3, -0.25) is 0 Å². The normalized spacial score (nSPS) is 16.0. The van der Waals surface area contributed by atoms with Crippen LogP contribution in [0, 0.1) is 5.41 Å². The summed E-state index contributed by atoms with van der Waals surface area (Å²) in [6.45, 7) is 5.52. The number of aliphatic hydroxyl groups excluding tert-OH is 1. The van der Waals surface area contributed by atoms with E-state index in [0.29, 0.717) is 6.54 Å². The molecule has 7 heteroatoms.